The molecule has 0 saturated carbocycles. The number of amides is 1. The Bertz CT molecular complexity index is 719. The smallest absolute Gasteiger partial charge is 0.272 e. The molecule has 1 saturated heterocycles. The predicted molar refractivity (Wildman–Crippen MR) is 86.5 cm³/mol. The summed E-state index contributed by atoms with van der Waals surface area (Å²) in [6.07, 6.45) is 4.54. The molecular weight excluding hydrogens is 319 g/mol. The van der Waals surface area contributed by atoms with Gasteiger partial charge in [-0.2, -0.15) is 0 Å². The minimum absolute atomic E-state index is 0.0219. The van der Waals surface area contributed by atoms with E-state index in [-0.39, 0.29) is 10.9 Å². The fraction of sp³-hybridized carbons (Fsp3) is 0.312. The van der Waals surface area contributed by atoms with Gasteiger partial charge in [0, 0.05) is 24.8 Å². The third-order valence-corrected chi connectivity index (χ3v) is 4.01. The molecule has 3 rings (SSSR count). The van der Waals surface area contributed by atoms with Crippen molar-refractivity contribution in [1.82, 2.24) is 14.9 Å². The van der Waals surface area contributed by atoms with Crippen LogP contribution in [0.15, 0.2) is 30.6 Å². The summed E-state index contributed by atoms with van der Waals surface area (Å²) in [4.78, 5) is 22.4. The van der Waals surface area contributed by atoms with Crippen molar-refractivity contribution in [2.45, 2.75) is 19.3 Å². The van der Waals surface area contributed by atoms with Gasteiger partial charge in [-0.1, -0.05) is 11.6 Å². The maximum atomic E-state index is 13.2. The maximum Gasteiger partial charge on any atom is 0.272 e. The van der Waals surface area contributed by atoms with E-state index in [1.54, 1.807) is 12.1 Å². The molecule has 120 valence electrons. The lowest BCUT2D eigenvalue weighted by Crippen LogP contribution is -2.36. The molecule has 2 heterocycles. The van der Waals surface area contributed by atoms with E-state index in [9.17, 15) is 9.18 Å². The van der Waals surface area contributed by atoms with Gasteiger partial charge in [-0.25, -0.2) is 14.4 Å². The van der Waals surface area contributed by atoms with Gasteiger partial charge in [0.05, 0.1) is 5.02 Å². The lowest BCUT2D eigenvalue weighted by molar-refractivity contribution is 0.0718. The van der Waals surface area contributed by atoms with Gasteiger partial charge in [-0.3, -0.25) is 4.79 Å². The Morgan fingerprint density at radius 1 is 1.17 bits per heavy atom. The van der Waals surface area contributed by atoms with Crippen molar-refractivity contribution in [2.75, 3.05) is 18.4 Å². The first-order valence-electron chi connectivity index (χ1n) is 7.47. The van der Waals surface area contributed by atoms with Crippen LogP contribution in [-0.2, 0) is 0 Å². The molecule has 1 N–H and O–H groups in total. The molecule has 0 aliphatic carbocycles. The van der Waals surface area contributed by atoms with Crippen LogP contribution in [-0.4, -0.2) is 33.9 Å². The van der Waals surface area contributed by atoms with E-state index in [0.717, 1.165) is 32.4 Å². The fourth-order valence-corrected chi connectivity index (χ4v) is 2.70. The second-order valence-corrected chi connectivity index (χ2v) is 5.80. The number of anilines is 2. The topological polar surface area (TPSA) is 58.1 Å². The second-order valence-electron chi connectivity index (χ2n) is 5.40. The number of piperidine rings is 1. The number of aromatic nitrogens is 2. The number of benzene rings is 1. The molecule has 1 amide bonds. The molecule has 1 aliphatic rings. The molecule has 0 unspecified atom stereocenters. The summed E-state index contributed by atoms with van der Waals surface area (Å²) >= 11 is 5.75. The third kappa shape index (κ3) is 3.76. The number of nitrogens with one attached hydrogen (secondary N) is 1. The van der Waals surface area contributed by atoms with Crippen LogP contribution < -0.4 is 5.32 Å². The summed E-state index contributed by atoms with van der Waals surface area (Å²) in [7, 11) is 0. The fourth-order valence-electron chi connectivity index (χ4n) is 2.52. The van der Waals surface area contributed by atoms with Gasteiger partial charge < -0.3 is 10.2 Å². The SMILES string of the molecule is O=C(c1cc(Nc2ccc(F)c(Cl)c2)ncn1)N1CCCCC1. The summed E-state index contributed by atoms with van der Waals surface area (Å²) < 4.78 is 13.2. The zero-order chi connectivity index (χ0) is 16.2. The van der Waals surface area contributed by atoms with Crippen molar-refractivity contribution in [3.05, 3.63) is 47.1 Å². The summed E-state index contributed by atoms with van der Waals surface area (Å²) in [5.41, 5.74) is 0.934. The molecule has 2 aromatic rings. The van der Waals surface area contributed by atoms with Gasteiger partial charge in [0.1, 0.15) is 23.7 Å². The van der Waals surface area contributed by atoms with E-state index in [0.29, 0.717) is 17.2 Å². The number of nitrogens with zero attached hydrogens (tertiary/aromatic N) is 3. The molecule has 1 fully saturated rings. The average Bonchev–Trinajstić information content (AvgIpc) is 2.58. The number of halogens is 2. The van der Waals surface area contributed by atoms with Crippen molar-refractivity contribution in [1.29, 1.82) is 0 Å². The van der Waals surface area contributed by atoms with E-state index < -0.39 is 5.82 Å². The zero-order valence-corrected chi connectivity index (χ0v) is 13.2. The number of likely N-dealkylation sites (tertiary alicyclic amines) is 1. The Morgan fingerprint density at radius 2 is 1.96 bits per heavy atom. The Labute approximate surface area is 138 Å². The Balaban J connectivity index is 1.76. The van der Waals surface area contributed by atoms with Gasteiger partial charge in [-0.15, -0.1) is 0 Å². The number of hydrogen-bond donors (Lipinski definition) is 1. The first-order valence-corrected chi connectivity index (χ1v) is 7.85. The Kier molecular flexibility index (Phi) is 4.71. The molecule has 1 aromatic heterocycles. The highest BCUT2D eigenvalue weighted by molar-refractivity contribution is 6.31. The molecule has 1 aromatic carbocycles. The predicted octanol–water partition coefficient (Wildman–Crippen LogP) is 3.64. The van der Waals surface area contributed by atoms with Gasteiger partial charge in [-0.05, 0) is 37.5 Å². The van der Waals surface area contributed by atoms with Crippen molar-refractivity contribution in [3.8, 4) is 0 Å². The number of rotatable bonds is 3. The van der Waals surface area contributed by atoms with Gasteiger partial charge in [0.15, 0.2) is 0 Å². The Hall–Kier alpha value is -2.21. The second kappa shape index (κ2) is 6.91. The van der Waals surface area contributed by atoms with Crippen LogP contribution in [0.4, 0.5) is 15.9 Å². The summed E-state index contributed by atoms with van der Waals surface area (Å²) in [6, 6.07) is 5.88. The Morgan fingerprint density at radius 3 is 2.70 bits per heavy atom. The highest BCUT2D eigenvalue weighted by atomic mass is 35.5. The molecule has 7 heteroatoms. The summed E-state index contributed by atoms with van der Waals surface area (Å²) in [6.45, 7) is 1.53. The highest BCUT2D eigenvalue weighted by Gasteiger charge is 2.19. The molecule has 1 aliphatic heterocycles. The quantitative estimate of drug-likeness (QED) is 0.931. The molecule has 0 spiro atoms. The first kappa shape index (κ1) is 15.7. The normalized spacial score (nSPS) is 14.6. The number of carbonyl (C=O) groups is 1. The van der Waals surface area contributed by atoms with E-state index >= 15 is 0 Å². The molecule has 0 radical (unpaired) electrons. The van der Waals surface area contributed by atoms with E-state index in [4.69, 9.17) is 11.6 Å². The minimum atomic E-state index is -0.485. The van der Waals surface area contributed by atoms with Crippen LogP contribution in [0.25, 0.3) is 0 Å². The van der Waals surface area contributed by atoms with E-state index in [1.165, 1.54) is 18.5 Å². The van der Waals surface area contributed by atoms with Gasteiger partial charge in [0.2, 0.25) is 0 Å². The number of hydrogen-bond acceptors (Lipinski definition) is 4. The van der Waals surface area contributed by atoms with Crippen LogP contribution in [0.1, 0.15) is 29.8 Å². The summed E-state index contributed by atoms with van der Waals surface area (Å²) in [5.74, 6) is -0.115. The van der Waals surface area contributed by atoms with E-state index in [2.05, 4.69) is 15.3 Å². The first-order chi connectivity index (χ1) is 11.1. The monoisotopic (exact) mass is 334 g/mol. The lowest BCUT2D eigenvalue weighted by atomic mass is 10.1. The molecular formula is C16H16ClFN4O. The van der Waals surface area contributed by atoms with E-state index in [1.807, 2.05) is 4.90 Å². The van der Waals surface area contributed by atoms with Crippen molar-refractivity contribution in [3.63, 3.8) is 0 Å². The molecule has 0 atom stereocenters. The van der Waals surface area contributed by atoms with Gasteiger partial charge >= 0.3 is 0 Å². The van der Waals surface area contributed by atoms with Crippen LogP contribution in [0.3, 0.4) is 0 Å². The van der Waals surface area contributed by atoms with Crippen LogP contribution in [0.5, 0.6) is 0 Å². The zero-order valence-electron chi connectivity index (χ0n) is 12.4. The lowest BCUT2D eigenvalue weighted by Gasteiger charge is -2.26. The third-order valence-electron chi connectivity index (χ3n) is 3.72. The molecule has 5 nitrogen and oxygen atoms in total. The summed E-state index contributed by atoms with van der Waals surface area (Å²) in [5, 5.41) is 3.02. The van der Waals surface area contributed by atoms with Crippen LogP contribution >= 0.6 is 11.6 Å². The molecule has 23 heavy (non-hydrogen) atoms. The largest absolute Gasteiger partial charge is 0.340 e. The molecule has 0 bridgehead atoms. The van der Waals surface area contributed by atoms with Crippen molar-refractivity contribution in [2.24, 2.45) is 0 Å². The van der Waals surface area contributed by atoms with Crippen molar-refractivity contribution < 1.29 is 9.18 Å². The average molecular weight is 335 g/mol. The standard InChI is InChI=1S/C16H16ClFN4O/c17-12-8-11(4-5-13(12)18)21-15-9-14(19-10-20-15)16(23)22-6-2-1-3-7-22/h4-5,8-10H,1-3,6-7H2,(H,19,20,21). The maximum absolute atomic E-state index is 13.2. The van der Waals surface area contributed by atoms with Gasteiger partial charge in [0.25, 0.3) is 5.91 Å². The minimum Gasteiger partial charge on any atom is -0.340 e. The van der Waals surface area contributed by atoms with Crippen LogP contribution in [0.2, 0.25) is 5.02 Å². The van der Waals surface area contributed by atoms with Crippen LogP contribution in [0, 0.1) is 5.82 Å². The van der Waals surface area contributed by atoms with Crippen molar-refractivity contribution >= 4 is 29.0 Å². The highest BCUT2D eigenvalue weighted by Crippen LogP contribution is 2.22. The number of carbonyl (C=O) groups excluding carboxylic acids is 1.